The smallest absolute Gasteiger partial charge is 0.266 e. The highest BCUT2D eigenvalue weighted by Crippen LogP contribution is 2.28. The van der Waals surface area contributed by atoms with Gasteiger partial charge in [0.1, 0.15) is 11.6 Å². The minimum absolute atomic E-state index is 0.00157. The summed E-state index contributed by atoms with van der Waals surface area (Å²) >= 11 is 0. The largest absolute Gasteiger partial charge is 0.327 e. The Labute approximate surface area is 217 Å². The molecule has 37 heavy (non-hydrogen) atoms. The van der Waals surface area contributed by atoms with E-state index in [0.717, 1.165) is 12.0 Å². The molecule has 7 heteroatoms. The van der Waals surface area contributed by atoms with Gasteiger partial charge in [-0.15, -0.1) is 0 Å². The number of benzene rings is 3. The Balaban J connectivity index is 1.94. The van der Waals surface area contributed by atoms with E-state index in [1.54, 1.807) is 33.7 Å². The molecule has 4 aromatic rings. The van der Waals surface area contributed by atoms with Crippen molar-refractivity contribution in [3.63, 3.8) is 0 Å². The van der Waals surface area contributed by atoms with Crippen molar-refractivity contribution in [2.24, 2.45) is 0 Å². The fraction of sp³-hybridized carbons (Fsp3) is 0.300. The predicted octanol–water partition coefficient (Wildman–Crippen LogP) is 5.24. The third kappa shape index (κ3) is 5.47. The highest BCUT2D eigenvalue weighted by atomic mass is 19.1. The van der Waals surface area contributed by atoms with E-state index in [1.807, 2.05) is 62.3 Å². The molecular formula is C30H33FN4O2. The van der Waals surface area contributed by atoms with Gasteiger partial charge in [-0.3, -0.25) is 14.2 Å². The minimum atomic E-state index is -0.573. The summed E-state index contributed by atoms with van der Waals surface area (Å²) < 4.78 is 16.3. The SMILES string of the molecule is CCc1ccc(-n2c(C(CC)N(CCN(C)C)C(=O)c3ccccc3F)nc3ccccc3c2=O)cc1. The van der Waals surface area contributed by atoms with Crippen LogP contribution in [0.25, 0.3) is 16.6 Å². The summed E-state index contributed by atoms with van der Waals surface area (Å²) in [5.74, 6) is -0.544. The molecule has 0 saturated heterocycles. The maximum absolute atomic E-state index is 14.7. The molecule has 1 aromatic heterocycles. The van der Waals surface area contributed by atoms with E-state index in [-0.39, 0.29) is 11.1 Å². The normalized spacial score (nSPS) is 12.2. The highest BCUT2D eigenvalue weighted by Gasteiger charge is 2.30. The van der Waals surface area contributed by atoms with Gasteiger partial charge in [0.15, 0.2) is 0 Å². The van der Waals surface area contributed by atoms with Crippen molar-refractivity contribution in [2.45, 2.75) is 32.7 Å². The second kappa shape index (κ2) is 11.5. The summed E-state index contributed by atoms with van der Waals surface area (Å²) in [4.78, 5) is 36.2. The molecule has 1 amide bonds. The van der Waals surface area contributed by atoms with Crippen LogP contribution < -0.4 is 5.56 Å². The maximum atomic E-state index is 14.7. The molecule has 1 heterocycles. The molecule has 3 aromatic carbocycles. The summed E-state index contributed by atoms with van der Waals surface area (Å²) in [7, 11) is 3.85. The zero-order valence-corrected chi connectivity index (χ0v) is 21.8. The average molecular weight is 501 g/mol. The number of nitrogens with zero attached hydrogens (tertiary/aromatic N) is 4. The summed E-state index contributed by atoms with van der Waals surface area (Å²) in [5.41, 5.74) is 2.20. The quantitative estimate of drug-likeness (QED) is 0.315. The minimum Gasteiger partial charge on any atom is -0.327 e. The van der Waals surface area contributed by atoms with Crippen LogP contribution in [0.5, 0.6) is 0 Å². The van der Waals surface area contributed by atoms with Crippen LogP contribution in [0.2, 0.25) is 0 Å². The third-order valence-corrected chi connectivity index (χ3v) is 6.62. The topological polar surface area (TPSA) is 58.4 Å². The predicted molar refractivity (Wildman–Crippen MR) is 146 cm³/mol. The van der Waals surface area contributed by atoms with Gasteiger partial charge in [-0.2, -0.15) is 0 Å². The number of aryl methyl sites for hydroxylation is 1. The second-order valence-corrected chi connectivity index (χ2v) is 9.35. The lowest BCUT2D eigenvalue weighted by molar-refractivity contribution is 0.0639. The van der Waals surface area contributed by atoms with Crippen molar-refractivity contribution < 1.29 is 9.18 Å². The third-order valence-electron chi connectivity index (χ3n) is 6.62. The molecule has 0 N–H and O–H groups in total. The molecule has 192 valence electrons. The molecule has 0 aliphatic carbocycles. The molecule has 0 saturated carbocycles. The van der Waals surface area contributed by atoms with Gasteiger partial charge >= 0.3 is 0 Å². The number of carbonyl (C=O) groups is 1. The van der Waals surface area contributed by atoms with Gasteiger partial charge in [-0.05, 0) is 68.9 Å². The molecule has 0 radical (unpaired) electrons. The Hall–Kier alpha value is -3.84. The van der Waals surface area contributed by atoms with Crippen molar-refractivity contribution in [3.05, 3.63) is 106 Å². The Morgan fingerprint density at radius 3 is 2.27 bits per heavy atom. The van der Waals surface area contributed by atoms with E-state index < -0.39 is 17.8 Å². The number of hydrogen-bond donors (Lipinski definition) is 0. The van der Waals surface area contributed by atoms with Crippen LogP contribution in [-0.2, 0) is 6.42 Å². The van der Waals surface area contributed by atoms with Gasteiger partial charge in [0.25, 0.3) is 11.5 Å². The second-order valence-electron chi connectivity index (χ2n) is 9.35. The summed E-state index contributed by atoms with van der Waals surface area (Å²) in [6.45, 7) is 4.94. The Morgan fingerprint density at radius 2 is 1.62 bits per heavy atom. The van der Waals surface area contributed by atoms with E-state index in [2.05, 4.69) is 6.92 Å². The van der Waals surface area contributed by atoms with Crippen LogP contribution in [0.1, 0.15) is 48.1 Å². The van der Waals surface area contributed by atoms with Crippen molar-refractivity contribution in [3.8, 4) is 5.69 Å². The first-order chi connectivity index (χ1) is 17.8. The van der Waals surface area contributed by atoms with Gasteiger partial charge < -0.3 is 9.80 Å². The molecule has 0 fully saturated rings. The first-order valence-electron chi connectivity index (χ1n) is 12.7. The fourth-order valence-electron chi connectivity index (χ4n) is 4.54. The van der Waals surface area contributed by atoms with E-state index in [1.165, 1.54) is 12.1 Å². The molecule has 0 spiro atoms. The number of carbonyl (C=O) groups excluding carboxylic acids is 1. The number of rotatable bonds is 9. The first-order valence-corrected chi connectivity index (χ1v) is 12.7. The van der Waals surface area contributed by atoms with Gasteiger partial charge in [-0.1, -0.05) is 50.2 Å². The van der Waals surface area contributed by atoms with Crippen molar-refractivity contribution in [1.82, 2.24) is 19.4 Å². The first kappa shape index (κ1) is 26.2. The Morgan fingerprint density at radius 1 is 0.946 bits per heavy atom. The van der Waals surface area contributed by atoms with E-state index in [0.29, 0.717) is 41.9 Å². The van der Waals surface area contributed by atoms with Crippen LogP contribution in [-0.4, -0.2) is 52.4 Å². The zero-order chi connectivity index (χ0) is 26.5. The van der Waals surface area contributed by atoms with Crippen LogP contribution >= 0.6 is 0 Å². The Kier molecular flexibility index (Phi) is 8.14. The molecule has 1 atom stereocenters. The Bertz CT molecular complexity index is 1450. The lowest BCUT2D eigenvalue weighted by Crippen LogP contribution is -2.42. The molecule has 6 nitrogen and oxygen atoms in total. The van der Waals surface area contributed by atoms with Gasteiger partial charge in [0.2, 0.25) is 0 Å². The average Bonchev–Trinajstić information content (AvgIpc) is 2.91. The molecule has 4 rings (SSSR count). The number of likely N-dealkylation sites (N-methyl/N-ethyl adjacent to an activating group) is 1. The standard InChI is InChI=1S/C30H33FN4O2/c1-5-21-15-17-22(18-16-21)35-28(32-26-14-10-8-12-24(26)30(35)37)27(6-2)34(20-19-33(3)4)29(36)23-11-7-9-13-25(23)31/h7-18,27H,5-6,19-20H2,1-4H3. The molecule has 0 aliphatic heterocycles. The van der Waals surface area contributed by atoms with Gasteiger partial charge in [0, 0.05) is 13.1 Å². The monoisotopic (exact) mass is 500 g/mol. The summed E-state index contributed by atoms with van der Waals surface area (Å²) in [6, 6.07) is 20.5. The highest BCUT2D eigenvalue weighted by molar-refractivity contribution is 5.94. The summed E-state index contributed by atoms with van der Waals surface area (Å²) in [5, 5.41) is 0.501. The van der Waals surface area contributed by atoms with E-state index in [9.17, 15) is 14.0 Å². The van der Waals surface area contributed by atoms with Crippen molar-refractivity contribution in [1.29, 1.82) is 0 Å². The molecule has 1 unspecified atom stereocenters. The van der Waals surface area contributed by atoms with E-state index in [4.69, 9.17) is 4.98 Å². The molecule has 0 aliphatic rings. The maximum Gasteiger partial charge on any atom is 0.266 e. The lowest BCUT2D eigenvalue weighted by atomic mass is 10.1. The summed E-state index contributed by atoms with van der Waals surface area (Å²) in [6.07, 6.45) is 1.37. The zero-order valence-electron chi connectivity index (χ0n) is 21.8. The van der Waals surface area contributed by atoms with Gasteiger partial charge in [0.05, 0.1) is 28.2 Å². The van der Waals surface area contributed by atoms with Crippen LogP contribution in [0.4, 0.5) is 4.39 Å². The number of para-hydroxylation sites is 1. The van der Waals surface area contributed by atoms with Crippen molar-refractivity contribution >= 4 is 16.8 Å². The van der Waals surface area contributed by atoms with E-state index >= 15 is 0 Å². The number of halogens is 1. The number of aromatic nitrogens is 2. The molecular weight excluding hydrogens is 467 g/mol. The molecule has 0 bridgehead atoms. The van der Waals surface area contributed by atoms with Crippen LogP contribution in [0, 0.1) is 5.82 Å². The fourth-order valence-corrected chi connectivity index (χ4v) is 4.54. The van der Waals surface area contributed by atoms with Crippen molar-refractivity contribution in [2.75, 3.05) is 27.2 Å². The van der Waals surface area contributed by atoms with Crippen LogP contribution in [0.15, 0.2) is 77.6 Å². The number of fused-ring (bicyclic) bond motifs is 1. The number of hydrogen-bond acceptors (Lipinski definition) is 4. The number of amides is 1. The van der Waals surface area contributed by atoms with Crippen LogP contribution in [0.3, 0.4) is 0 Å². The van der Waals surface area contributed by atoms with Gasteiger partial charge in [-0.25, -0.2) is 9.37 Å². The lowest BCUT2D eigenvalue weighted by Gasteiger charge is -2.33.